The zero-order valence-corrected chi connectivity index (χ0v) is 17.6. The van der Waals surface area contributed by atoms with Crippen LogP contribution in [0.2, 0.25) is 0 Å². The van der Waals surface area contributed by atoms with Crippen LogP contribution in [0.5, 0.6) is 0 Å². The maximum Gasteiger partial charge on any atom is 0.225 e. The Morgan fingerprint density at radius 1 is 1.00 bits per heavy atom. The molecule has 3 aromatic rings. The molecular weight excluding hydrogens is 384 g/mol. The fourth-order valence-corrected chi connectivity index (χ4v) is 3.98. The van der Waals surface area contributed by atoms with E-state index >= 15 is 0 Å². The number of nitrogens with two attached hydrogens (primary N) is 1. The molecule has 0 atom stereocenters. The van der Waals surface area contributed by atoms with Gasteiger partial charge in [-0.2, -0.15) is 0 Å². The van der Waals surface area contributed by atoms with Crippen molar-refractivity contribution < 1.29 is 4.79 Å². The van der Waals surface area contributed by atoms with Gasteiger partial charge in [0, 0.05) is 17.7 Å². The number of hydrogen-bond donors (Lipinski definition) is 2. The molecule has 5 heteroatoms. The van der Waals surface area contributed by atoms with Gasteiger partial charge in [-0.1, -0.05) is 67.8 Å². The van der Waals surface area contributed by atoms with Crippen LogP contribution in [0.4, 0.5) is 11.5 Å². The summed E-state index contributed by atoms with van der Waals surface area (Å²) in [5.41, 5.74) is 9.86. The van der Waals surface area contributed by atoms with E-state index in [0.29, 0.717) is 29.5 Å². The molecule has 5 nitrogen and oxygen atoms in total. The summed E-state index contributed by atoms with van der Waals surface area (Å²) in [4.78, 5) is 22.0. The molecule has 4 rings (SSSR count). The molecule has 3 N–H and O–H groups in total. The number of carbonyl (C=O) groups excluding carboxylic acids is 1. The summed E-state index contributed by atoms with van der Waals surface area (Å²) in [5, 5.41) is 3.00. The van der Waals surface area contributed by atoms with E-state index in [1.807, 2.05) is 66.7 Å². The number of rotatable bonds is 6. The van der Waals surface area contributed by atoms with Gasteiger partial charge in [-0.05, 0) is 42.5 Å². The van der Waals surface area contributed by atoms with Crippen LogP contribution in [0, 0.1) is 5.92 Å². The van der Waals surface area contributed by atoms with Gasteiger partial charge in [-0.3, -0.25) is 4.79 Å². The molecule has 0 aliphatic heterocycles. The molecule has 0 spiro atoms. The molecule has 1 aliphatic rings. The van der Waals surface area contributed by atoms with Crippen LogP contribution < -0.4 is 11.1 Å². The number of aromatic nitrogens is 2. The number of anilines is 2. The van der Waals surface area contributed by atoms with Crippen LogP contribution in [0.25, 0.3) is 23.4 Å². The molecule has 1 fully saturated rings. The van der Waals surface area contributed by atoms with Crippen molar-refractivity contribution in [2.24, 2.45) is 5.92 Å². The molecule has 1 aliphatic carbocycles. The normalized spacial score (nSPS) is 14.6. The van der Waals surface area contributed by atoms with E-state index in [1.54, 1.807) is 6.20 Å². The highest BCUT2D eigenvalue weighted by molar-refractivity contribution is 5.92. The third kappa shape index (κ3) is 5.79. The number of nitrogens with zero attached hydrogens (tertiary/aromatic N) is 2. The predicted octanol–water partition coefficient (Wildman–Crippen LogP) is 5.81. The highest BCUT2D eigenvalue weighted by atomic mass is 16.1. The first kappa shape index (κ1) is 20.8. The largest absolute Gasteiger partial charge is 0.399 e. The van der Waals surface area contributed by atoms with Gasteiger partial charge < -0.3 is 11.1 Å². The van der Waals surface area contributed by atoms with Crippen LogP contribution in [0.15, 0.2) is 60.8 Å². The number of carbonyl (C=O) groups is 1. The molecule has 1 aromatic heterocycles. The minimum Gasteiger partial charge on any atom is -0.399 e. The Balaban J connectivity index is 1.58. The van der Waals surface area contributed by atoms with Crippen LogP contribution in [0.1, 0.15) is 49.8 Å². The minimum atomic E-state index is 0.01000. The Morgan fingerprint density at radius 3 is 2.48 bits per heavy atom. The van der Waals surface area contributed by atoms with Gasteiger partial charge in [-0.25, -0.2) is 9.97 Å². The quantitative estimate of drug-likeness (QED) is 0.501. The summed E-state index contributed by atoms with van der Waals surface area (Å²) in [6.45, 7) is 0. The van der Waals surface area contributed by atoms with Crippen LogP contribution in [-0.4, -0.2) is 15.9 Å². The van der Waals surface area contributed by atoms with Crippen LogP contribution in [0.3, 0.4) is 0 Å². The maximum atomic E-state index is 12.7. The van der Waals surface area contributed by atoms with E-state index in [-0.39, 0.29) is 5.91 Å². The number of amides is 1. The van der Waals surface area contributed by atoms with Crippen LogP contribution in [-0.2, 0) is 4.79 Å². The van der Waals surface area contributed by atoms with E-state index in [9.17, 15) is 4.79 Å². The molecule has 1 amide bonds. The van der Waals surface area contributed by atoms with Crippen molar-refractivity contribution >= 4 is 29.6 Å². The standard InChI is InChI=1S/C26H28N4O/c27-22-14-12-21(13-15-22)24-18-28-26(30-25(31)17-20-9-5-2-6-10-20)23(29-24)16-11-19-7-3-1-4-8-19/h1,3-4,7-8,11-16,18,20H,2,5-6,9-10,17,27H2,(H,28,30,31)/b16-11+. The lowest BCUT2D eigenvalue weighted by Crippen LogP contribution is -2.19. The average Bonchev–Trinajstić information content (AvgIpc) is 2.80. The van der Waals surface area contributed by atoms with Crippen molar-refractivity contribution in [3.05, 3.63) is 72.1 Å². The molecule has 0 radical (unpaired) electrons. The minimum absolute atomic E-state index is 0.01000. The fourth-order valence-electron chi connectivity index (χ4n) is 3.98. The Labute approximate surface area is 183 Å². The van der Waals surface area contributed by atoms with Crippen molar-refractivity contribution in [1.29, 1.82) is 0 Å². The Kier molecular flexibility index (Phi) is 6.72. The van der Waals surface area contributed by atoms with E-state index < -0.39 is 0 Å². The summed E-state index contributed by atoms with van der Waals surface area (Å²) >= 11 is 0. The second kappa shape index (κ2) is 10.0. The summed E-state index contributed by atoms with van der Waals surface area (Å²) < 4.78 is 0. The van der Waals surface area contributed by atoms with E-state index in [4.69, 9.17) is 10.7 Å². The van der Waals surface area contributed by atoms with Gasteiger partial charge in [0.15, 0.2) is 5.82 Å². The molecule has 31 heavy (non-hydrogen) atoms. The summed E-state index contributed by atoms with van der Waals surface area (Å²) in [6.07, 6.45) is 12.1. The zero-order chi connectivity index (χ0) is 21.5. The van der Waals surface area contributed by atoms with E-state index in [0.717, 1.165) is 29.7 Å². The Bertz CT molecular complexity index is 1040. The lowest BCUT2D eigenvalue weighted by atomic mass is 9.87. The first-order chi connectivity index (χ1) is 15.2. The number of nitrogen functional groups attached to an aromatic ring is 1. The monoisotopic (exact) mass is 412 g/mol. The highest BCUT2D eigenvalue weighted by Gasteiger charge is 2.18. The molecule has 2 aromatic carbocycles. The average molecular weight is 413 g/mol. The molecular formula is C26H28N4O. The number of benzene rings is 2. The van der Waals surface area contributed by atoms with Gasteiger partial charge in [0.05, 0.1) is 11.9 Å². The Hall–Kier alpha value is -3.47. The molecule has 0 unspecified atom stereocenters. The molecule has 0 saturated heterocycles. The van der Waals surface area contributed by atoms with Gasteiger partial charge >= 0.3 is 0 Å². The third-order valence-corrected chi connectivity index (χ3v) is 5.70. The molecule has 0 bridgehead atoms. The van der Waals surface area contributed by atoms with Crippen molar-refractivity contribution in [2.45, 2.75) is 38.5 Å². The van der Waals surface area contributed by atoms with Gasteiger partial charge in [0.2, 0.25) is 5.91 Å². The topological polar surface area (TPSA) is 80.9 Å². The smallest absolute Gasteiger partial charge is 0.225 e. The lowest BCUT2D eigenvalue weighted by molar-refractivity contribution is -0.117. The summed E-state index contributed by atoms with van der Waals surface area (Å²) in [6, 6.07) is 17.5. The fraction of sp³-hybridized carbons (Fsp3) is 0.269. The number of nitrogens with one attached hydrogen (secondary N) is 1. The summed E-state index contributed by atoms with van der Waals surface area (Å²) in [5.74, 6) is 0.974. The van der Waals surface area contributed by atoms with Gasteiger partial charge in [0.25, 0.3) is 0 Å². The Morgan fingerprint density at radius 2 is 1.74 bits per heavy atom. The summed E-state index contributed by atoms with van der Waals surface area (Å²) in [7, 11) is 0. The number of hydrogen-bond acceptors (Lipinski definition) is 4. The van der Waals surface area contributed by atoms with Crippen molar-refractivity contribution in [2.75, 3.05) is 11.1 Å². The molecule has 1 heterocycles. The first-order valence-corrected chi connectivity index (χ1v) is 10.9. The first-order valence-electron chi connectivity index (χ1n) is 10.9. The van der Waals surface area contributed by atoms with E-state index in [1.165, 1.54) is 19.3 Å². The van der Waals surface area contributed by atoms with Crippen molar-refractivity contribution in [3.63, 3.8) is 0 Å². The van der Waals surface area contributed by atoms with Crippen molar-refractivity contribution in [1.82, 2.24) is 9.97 Å². The third-order valence-electron chi connectivity index (χ3n) is 5.70. The highest BCUT2D eigenvalue weighted by Crippen LogP contribution is 2.27. The van der Waals surface area contributed by atoms with Gasteiger partial charge in [-0.15, -0.1) is 0 Å². The lowest BCUT2D eigenvalue weighted by Gasteiger charge is -2.20. The second-order valence-corrected chi connectivity index (χ2v) is 8.11. The molecule has 158 valence electrons. The van der Waals surface area contributed by atoms with Crippen molar-refractivity contribution in [3.8, 4) is 11.3 Å². The second-order valence-electron chi connectivity index (χ2n) is 8.11. The predicted molar refractivity (Wildman–Crippen MR) is 127 cm³/mol. The maximum absolute atomic E-state index is 12.7. The SMILES string of the molecule is Nc1ccc(-c2cnc(NC(=O)CC3CCCCC3)c(/C=C/c3ccccc3)n2)cc1. The zero-order valence-electron chi connectivity index (χ0n) is 17.6. The molecule has 1 saturated carbocycles. The van der Waals surface area contributed by atoms with E-state index in [2.05, 4.69) is 10.3 Å². The van der Waals surface area contributed by atoms with Gasteiger partial charge in [0.1, 0.15) is 5.69 Å². The van der Waals surface area contributed by atoms with Crippen LogP contribution >= 0.6 is 0 Å².